The van der Waals surface area contributed by atoms with E-state index in [1.807, 2.05) is 20.8 Å². The van der Waals surface area contributed by atoms with E-state index < -0.39 is 11.6 Å². The molecule has 26 heavy (non-hydrogen) atoms. The van der Waals surface area contributed by atoms with Crippen molar-refractivity contribution in [1.82, 2.24) is 15.5 Å². The van der Waals surface area contributed by atoms with E-state index in [0.717, 1.165) is 31.3 Å². The number of carbonyl (C=O) groups is 3. The molecular weight excluding hydrogens is 330 g/mol. The van der Waals surface area contributed by atoms with Gasteiger partial charge in [-0.1, -0.05) is 45.3 Å². The zero-order chi connectivity index (χ0) is 19.5. The van der Waals surface area contributed by atoms with Gasteiger partial charge in [0.1, 0.15) is 11.6 Å². The molecule has 2 atom stereocenters. The van der Waals surface area contributed by atoms with Crippen LogP contribution in [-0.2, 0) is 14.4 Å². The monoisotopic (exact) mass is 363 g/mol. The number of hydrogen-bond donors (Lipinski definition) is 2. The molecule has 6 heteroatoms. The number of nitrogens with one attached hydrogen (secondary N) is 2. The Kier molecular flexibility index (Phi) is 6.48. The number of rotatable bonds is 5. The minimum Gasteiger partial charge on any atom is -0.351 e. The van der Waals surface area contributed by atoms with Crippen LogP contribution in [0, 0.1) is 5.92 Å². The highest BCUT2D eigenvalue weighted by Gasteiger charge is 2.49. The first-order valence-electron chi connectivity index (χ1n) is 9.71. The summed E-state index contributed by atoms with van der Waals surface area (Å²) in [6, 6.07) is -0.449. The Bertz CT molecular complexity index is 581. The number of amides is 3. The van der Waals surface area contributed by atoms with Crippen LogP contribution in [-0.4, -0.2) is 46.8 Å². The normalized spacial score (nSPS) is 25.3. The molecule has 0 spiro atoms. The van der Waals surface area contributed by atoms with Gasteiger partial charge < -0.3 is 15.5 Å². The standard InChI is InChI=1S/C20H33N3O3/c1-13(2)17(21-15(4)24)18(25)23-12-14(3)11-20(23,5)19(26)22-16-9-7-6-8-10-16/h13,16-17H,3,6-12H2,1-2,4-5H3,(H,21,24)(H,22,26)/t17-,20+/m0/s1. The number of hydrogen-bond acceptors (Lipinski definition) is 3. The van der Waals surface area contributed by atoms with E-state index in [4.69, 9.17) is 0 Å². The first kappa shape index (κ1) is 20.5. The first-order chi connectivity index (χ1) is 12.1. The van der Waals surface area contributed by atoms with Gasteiger partial charge in [-0.15, -0.1) is 0 Å². The largest absolute Gasteiger partial charge is 0.351 e. The van der Waals surface area contributed by atoms with Crippen molar-refractivity contribution in [2.75, 3.05) is 6.54 Å². The van der Waals surface area contributed by atoms with E-state index >= 15 is 0 Å². The van der Waals surface area contributed by atoms with Crippen molar-refractivity contribution in [2.24, 2.45) is 5.92 Å². The molecule has 1 heterocycles. The Morgan fingerprint density at radius 1 is 1.19 bits per heavy atom. The third kappa shape index (κ3) is 4.46. The molecule has 2 rings (SSSR count). The van der Waals surface area contributed by atoms with Gasteiger partial charge in [0.05, 0.1) is 0 Å². The minimum atomic E-state index is -0.947. The maximum atomic E-state index is 13.2. The van der Waals surface area contributed by atoms with Gasteiger partial charge in [-0.05, 0) is 25.7 Å². The predicted molar refractivity (Wildman–Crippen MR) is 101 cm³/mol. The summed E-state index contributed by atoms with van der Waals surface area (Å²) < 4.78 is 0. The lowest BCUT2D eigenvalue weighted by Crippen LogP contribution is -2.61. The van der Waals surface area contributed by atoms with Crippen LogP contribution in [0.1, 0.15) is 66.2 Å². The highest BCUT2D eigenvalue weighted by Crippen LogP contribution is 2.34. The van der Waals surface area contributed by atoms with Gasteiger partial charge in [0, 0.05) is 25.9 Å². The summed E-state index contributed by atoms with van der Waals surface area (Å²) >= 11 is 0. The molecule has 2 aliphatic rings. The topological polar surface area (TPSA) is 78.5 Å². The fourth-order valence-electron chi connectivity index (χ4n) is 4.05. The lowest BCUT2D eigenvalue weighted by atomic mass is 9.91. The molecule has 1 saturated carbocycles. The fraction of sp³-hybridized carbons (Fsp3) is 0.750. The third-order valence-electron chi connectivity index (χ3n) is 5.56. The molecule has 0 radical (unpaired) electrons. The summed E-state index contributed by atoms with van der Waals surface area (Å²) in [5.41, 5.74) is -0.0815. The van der Waals surface area contributed by atoms with Crippen molar-refractivity contribution in [3.8, 4) is 0 Å². The highest BCUT2D eigenvalue weighted by atomic mass is 16.2. The average molecular weight is 364 g/mol. The molecule has 0 unspecified atom stereocenters. The van der Waals surface area contributed by atoms with Gasteiger partial charge >= 0.3 is 0 Å². The average Bonchev–Trinajstić information content (AvgIpc) is 2.88. The fourth-order valence-corrected chi connectivity index (χ4v) is 4.05. The Morgan fingerprint density at radius 2 is 1.81 bits per heavy atom. The minimum absolute atomic E-state index is 0.0640. The molecule has 0 aromatic heterocycles. The van der Waals surface area contributed by atoms with Crippen molar-refractivity contribution in [3.05, 3.63) is 12.2 Å². The summed E-state index contributed by atoms with van der Waals surface area (Å²) in [7, 11) is 0. The second kappa shape index (κ2) is 8.23. The summed E-state index contributed by atoms with van der Waals surface area (Å²) in [5, 5.41) is 5.89. The van der Waals surface area contributed by atoms with Crippen LogP contribution in [0.15, 0.2) is 12.2 Å². The maximum absolute atomic E-state index is 13.2. The summed E-state index contributed by atoms with van der Waals surface area (Å²) in [6.45, 7) is 11.4. The van der Waals surface area contributed by atoms with Crippen molar-refractivity contribution in [3.63, 3.8) is 0 Å². The third-order valence-corrected chi connectivity index (χ3v) is 5.56. The van der Waals surface area contributed by atoms with Crippen LogP contribution in [0.4, 0.5) is 0 Å². The first-order valence-corrected chi connectivity index (χ1v) is 9.71. The lowest BCUT2D eigenvalue weighted by Gasteiger charge is -2.38. The molecule has 146 valence electrons. The van der Waals surface area contributed by atoms with Gasteiger partial charge in [-0.2, -0.15) is 0 Å². The van der Waals surface area contributed by atoms with E-state index in [1.54, 1.807) is 4.90 Å². The zero-order valence-electron chi connectivity index (χ0n) is 16.6. The van der Waals surface area contributed by atoms with Gasteiger partial charge in [0.2, 0.25) is 17.7 Å². The van der Waals surface area contributed by atoms with Crippen LogP contribution < -0.4 is 10.6 Å². The van der Waals surface area contributed by atoms with Gasteiger partial charge in [-0.25, -0.2) is 0 Å². The molecule has 1 aliphatic heterocycles. The molecule has 1 saturated heterocycles. The van der Waals surface area contributed by atoms with Crippen molar-refractivity contribution >= 4 is 17.7 Å². The Labute approximate surface area is 156 Å². The SMILES string of the molecule is C=C1CN(C(=O)[C@@H](NC(C)=O)C(C)C)[C@@](C)(C(=O)NC2CCCCC2)C1. The molecule has 6 nitrogen and oxygen atoms in total. The van der Waals surface area contributed by atoms with E-state index in [2.05, 4.69) is 17.2 Å². The maximum Gasteiger partial charge on any atom is 0.246 e. The molecule has 0 aromatic carbocycles. The quantitative estimate of drug-likeness (QED) is 0.735. The second-order valence-electron chi connectivity index (χ2n) is 8.36. The predicted octanol–water partition coefficient (Wildman–Crippen LogP) is 2.14. The second-order valence-corrected chi connectivity index (χ2v) is 8.36. The number of nitrogens with zero attached hydrogens (tertiary/aromatic N) is 1. The van der Waals surface area contributed by atoms with Crippen LogP contribution in [0.2, 0.25) is 0 Å². The molecule has 2 fully saturated rings. The van der Waals surface area contributed by atoms with E-state index in [9.17, 15) is 14.4 Å². The number of carbonyl (C=O) groups excluding carboxylic acids is 3. The summed E-state index contributed by atoms with van der Waals surface area (Å²) in [5.74, 6) is -0.633. The molecule has 0 bridgehead atoms. The zero-order valence-corrected chi connectivity index (χ0v) is 16.6. The van der Waals surface area contributed by atoms with Crippen LogP contribution >= 0.6 is 0 Å². The van der Waals surface area contributed by atoms with E-state index in [1.165, 1.54) is 13.3 Å². The van der Waals surface area contributed by atoms with Gasteiger partial charge in [-0.3, -0.25) is 14.4 Å². The lowest BCUT2D eigenvalue weighted by molar-refractivity contribution is -0.147. The molecule has 3 amide bonds. The van der Waals surface area contributed by atoms with Crippen molar-refractivity contribution in [2.45, 2.75) is 83.8 Å². The van der Waals surface area contributed by atoms with Crippen molar-refractivity contribution < 1.29 is 14.4 Å². The van der Waals surface area contributed by atoms with E-state index in [0.29, 0.717) is 13.0 Å². The smallest absolute Gasteiger partial charge is 0.246 e. The van der Waals surface area contributed by atoms with Crippen LogP contribution in [0.3, 0.4) is 0 Å². The Hall–Kier alpha value is -1.85. The van der Waals surface area contributed by atoms with Crippen LogP contribution in [0.5, 0.6) is 0 Å². The number of likely N-dealkylation sites (tertiary alicyclic amines) is 1. The molecular formula is C20H33N3O3. The van der Waals surface area contributed by atoms with Gasteiger partial charge in [0.15, 0.2) is 0 Å². The highest BCUT2D eigenvalue weighted by molar-refractivity contribution is 5.95. The molecule has 0 aromatic rings. The van der Waals surface area contributed by atoms with E-state index in [-0.39, 0.29) is 29.7 Å². The molecule has 2 N–H and O–H groups in total. The molecule has 1 aliphatic carbocycles. The summed E-state index contributed by atoms with van der Waals surface area (Å²) in [4.78, 5) is 39.4. The Balaban J connectivity index is 2.18. The van der Waals surface area contributed by atoms with Gasteiger partial charge in [0.25, 0.3) is 0 Å². The van der Waals surface area contributed by atoms with Crippen molar-refractivity contribution in [1.29, 1.82) is 0 Å². The summed E-state index contributed by atoms with van der Waals surface area (Å²) in [6.07, 6.45) is 5.94. The van der Waals surface area contributed by atoms with Crippen LogP contribution in [0.25, 0.3) is 0 Å². The Morgan fingerprint density at radius 3 is 2.35 bits per heavy atom.